The predicted molar refractivity (Wildman–Crippen MR) is 337 cm³/mol. The monoisotopic (exact) mass is 1020 g/mol. The second-order valence-electron chi connectivity index (χ2n) is 20.5. The zero-order chi connectivity index (χ0) is 53.7. The van der Waals surface area contributed by atoms with Crippen molar-refractivity contribution in [3.63, 3.8) is 0 Å². The molecule has 0 fully saturated rings. The van der Waals surface area contributed by atoms with E-state index >= 15 is 0 Å². The lowest BCUT2D eigenvalue weighted by atomic mass is 9.48. The summed E-state index contributed by atoms with van der Waals surface area (Å²) in [4.78, 5) is 0. The van der Waals surface area contributed by atoms with Gasteiger partial charge in [-0.3, -0.25) is 0 Å². The fourth-order valence-corrected chi connectivity index (χ4v) is 12.9. The molecular formula is C79H58O. The summed E-state index contributed by atoms with van der Waals surface area (Å²) in [5, 5.41) is 4.58. The van der Waals surface area contributed by atoms with Crippen LogP contribution in [0.3, 0.4) is 0 Å². The minimum atomic E-state index is -1.20. The molecule has 0 saturated carbocycles. The highest BCUT2D eigenvalue weighted by molar-refractivity contribution is 6.17. The van der Waals surface area contributed by atoms with Crippen molar-refractivity contribution in [3.05, 3.63) is 394 Å². The van der Waals surface area contributed by atoms with E-state index in [1.807, 2.05) is 7.11 Å². The van der Waals surface area contributed by atoms with Crippen LogP contribution >= 0.6 is 0 Å². The van der Waals surface area contributed by atoms with Gasteiger partial charge in [0.2, 0.25) is 0 Å². The van der Waals surface area contributed by atoms with Gasteiger partial charge >= 0.3 is 0 Å². The van der Waals surface area contributed by atoms with E-state index in [4.69, 9.17) is 4.74 Å². The van der Waals surface area contributed by atoms with E-state index in [9.17, 15) is 0 Å². The number of fused-ring (bicyclic) bond motifs is 2. The molecule has 0 N–H and O–H groups in total. The molecule has 0 aliphatic heterocycles. The van der Waals surface area contributed by atoms with Gasteiger partial charge in [0.15, 0.2) is 0 Å². The van der Waals surface area contributed by atoms with Gasteiger partial charge < -0.3 is 4.74 Å². The molecule has 12 aromatic rings. The first-order chi connectivity index (χ1) is 39.7. The number of methoxy groups -OCH3 is 1. The zero-order valence-corrected chi connectivity index (χ0v) is 44.7. The number of hydrogen-bond donors (Lipinski definition) is 0. The van der Waals surface area contributed by atoms with Crippen LogP contribution in [0.4, 0.5) is 0 Å². The van der Waals surface area contributed by atoms with E-state index in [0.29, 0.717) is 0 Å². The van der Waals surface area contributed by atoms with Crippen molar-refractivity contribution in [3.8, 4) is 0 Å². The highest BCUT2D eigenvalue weighted by Crippen LogP contribution is 2.68. The second-order valence-corrected chi connectivity index (χ2v) is 20.5. The van der Waals surface area contributed by atoms with E-state index < -0.39 is 10.8 Å². The van der Waals surface area contributed by atoms with E-state index in [1.54, 1.807) is 0 Å². The number of hydrogen-bond acceptors (Lipinski definition) is 1. The van der Waals surface area contributed by atoms with Gasteiger partial charge in [0.25, 0.3) is 0 Å². The lowest BCUT2D eigenvalue weighted by Gasteiger charge is -2.53. The molecule has 0 saturated heterocycles. The van der Waals surface area contributed by atoms with E-state index in [-0.39, 0.29) is 0 Å². The van der Waals surface area contributed by atoms with Crippen LogP contribution in [-0.4, -0.2) is 7.11 Å². The third kappa shape index (κ3) is 8.52. The number of allylic oxidation sites excluding steroid dienone is 4. The molecule has 12 aromatic carbocycles. The van der Waals surface area contributed by atoms with Crippen LogP contribution in [0.1, 0.15) is 61.2 Å². The second kappa shape index (κ2) is 21.7. The van der Waals surface area contributed by atoms with Gasteiger partial charge in [-0.05, 0) is 111 Å². The standard InChI is InChI=1S/C79H58O/c1-80-77-76(73(63-39-15-5-16-40-63)72(61-35-11-3-12-36-61)62-37-13-4-14-38-62)79(68-55-54-58-32-23-24-43-65(58)56-68,71-51-29-44-59-33-25-27-49-69(59)71)75(70-50-28-26-34-60(70)53-52-57-30-9-2-10-31-57)74(64-41-17-6-18-42-64)78(77,66-45-19-7-20-46-66)67-47-21-8-22-48-67/h2-56H,1H3. The Labute approximate surface area is 470 Å². The Morgan fingerprint density at radius 2 is 0.812 bits per heavy atom. The molecule has 0 heterocycles. The van der Waals surface area contributed by atoms with Crippen LogP contribution in [0.5, 0.6) is 0 Å². The molecule has 380 valence electrons. The summed E-state index contributed by atoms with van der Waals surface area (Å²) in [5.41, 5.74) is 15.1. The van der Waals surface area contributed by atoms with Crippen molar-refractivity contribution in [1.29, 1.82) is 0 Å². The first-order valence-corrected chi connectivity index (χ1v) is 27.6. The summed E-state index contributed by atoms with van der Waals surface area (Å²) in [5.74, 6) is 0.819. The van der Waals surface area contributed by atoms with Crippen LogP contribution in [0, 0.1) is 0 Å². The molecule has 1 aliphatic rings. The molecule has 0 bridgehead atoms. The first kappa shape index (κ1) is 49.5. The van der Waals surface area contributed by atoms with Crippen molar-refractivity contribution in [2.75, 3.05) is 7.11 Å². The van der Waals surface area contributed by atoms with Crippen LogP contribution in [0.2, 0.25) is 0 Å². The van der Waals surface area contributed by atoms with Crippen LogP contribution in [0.15, 0.2) is 333 Å². The Morgan fingerprint density at radius 3 is 1.41 bits per heavy atom. The SMILES string of the molecule is COC1=C(C(=C(c2ccccc2)c2ccccc2)c2ccccc2)C(c2ccc3ccccc3c2)(c2cccc3ccccc23)C(c2ccccc2C=Cc2ccccc2)=C(c2ccccc2)C1(c1ccccc1)c1ccccc1. The summed E-state index contributed by atoms with van der Waals surface area (Å²) in [6, 6.07) is 118. The minimum Gasteiger partial charge on any atom is -0.499 e. The fraction of sp³-hybridized carbons (Fsp3) is 0.0380. The molecule has 80 heavy (non-hydrogen) atoms. The third-order valence-corrected chi connectivity index (χ3v) is 16.2. The van der Waals surface area contributed by atoms with Crippen molar-refractivity contribution in [2.24, 2.45) is 0 Å². The molecule has 1 nitrogen and oxygen atoms in total. The molecule has 0 aromatic heterocycles. The Morgan fingerprint density at radius 1 is 0.338 bits per heavy atom. The van der Waals surface area contributed by atoms with Gasteiger partial charge in [-0.2, -0.15) is 0 Å². The number of benzene rings is 12. The molecule has 1 atom stereocenters. The normalized spacial score (nSPS) is 15.1. The Hall–Kier alpha value is -10.1. The van der Waals surface area contributed by atoms with Gasteiger partial charge in [-0.1, -0.05) is 328 Å². The van der Waals surface area contributed by atoms with Gasteiger partial charge in [0.05, 0.1) is 12.5 Å². The quantitative estimate of drug-likeness (QED) is 0.105. The summed E-state index contributed by atoms with van der Waals surface area (Å²) < 4.78 is 7.82. The lowest BCUT2D eigenvalue weighted by Crippen LogP contribution is -2.46. The predicted octanol–water partition coefficient (Wildman–Crippen LogP) is 19.6. The van der Waals surface area contributed by atoms with Crippen molar-refractivity contribution >= 4 is 56.0 Å². The van der Waals surface area contributed by atoms with Gasteiger partial charge in [0.1, 0.15) is 11.2 Å². The van der Waals surface area contributed by atoms with Gasteiger partial charge in [0, 0.05) is 5.57 Å². The molecule has 0 radical (unpaired) electrons. The highest BCUT2D eigenvalue weighted by atomic mass is 16.5. The molecule has 1 heteroatoms. The Balaban J connectivity index is 1.41. The largest absolute Gasteiger partial charge is 0.499 e. The number of ether oxygens (including phenoxy) is 1. The molecule has 13 rings (SSSR count). The van der Waals surface area contributed by atoms with Crippen LogP contribution < -0.4 is 0 Å². The maximum atomic E-state index is 7.82. The summed E-state index contributed by atoms with van der Waals surface area (Å²) in [6.45, 7) is 0. The summed E-state index contributed by atoms with van der Waals surface area (Å²) in [6.07, 6.45) is 4.58. The zero-order valence-electron chi connectivity index (χ0n) is 44.7. The van der Waals surface area contributed by atoms with E-state index in [0.717, 1.165) is 116 Å². The molecule has 0 amide bonds. The fourth-order valence-electron chi connectivity index (χ4n) is 12.9. The molecular weight excluding hydrogens is 965 g/mol. The maximum Gasteiger partial charge on any atom is 0.120 e. The Bertz CT molecular complexity index is 4190. The highest BCUT2D eigenvalue weighted by Gasteiger charge is 2.60. The molecule has 1 unspecified atom stereocenters. The number of rotatable bonds is 13. The van der Waals surface area contributed by atoms with Gasteiger partial charge in [-0.25, -0.2) is 0 Å². The Kier molecular flexibility index (Phi) is 13.5. The topological polar surface area (TPSA) is 9.23 Å². The van der Waals surface area contributed by atoms with E-state index in [2.05, 4.69) is 334 Å². The van der Waals surface area contributed by atoms with Crippen LogP contribution in [0.25, 0.3) is 56.0 Å². The minimum absolute atomic E-state index is 0.819. The van der Waals surface area contributed by atoms with E-state index in [1.165, 1.54) is 0 Å². The smallest absolute Gasteiger partial charge is 0.120 e. The summed E-state index contributed by atoms with van der Waals surface area (Å²) >= 11 is 0. The molecule has 1 aliphatic carbocycles. The van der Waals surface area contributed by atoms with Crippen LogP contribution in [-0.2, 0) is 15.6 Å². The third-order valence-electron chi connectivity index (χ3n) is 16.2. The first-order valence-electron chi connectivity index (χ1n) is 27.6. The van der Waals surface area contributed by atoms with Crippen molar-refractivity contribution < 1.29 is 4.74 Å². The lowest BCUT2D eigenvalue weighted by molar-refractivity contribution is 0.247. The van der Waals surface area contributed by atoms with Gasteiger partial charge in [-0.15, -0.1) is 0 Å². The van der Waals surface area contributed by atoms with Crippen molar-refractivity contribution in [1.82, 2.24) is 0 Å². The molecule has 0 spiro atoms. The summed E-state index contributed by atoms with van der Waals surface area (Å²) in [7, 11) is 1.92. The average Bonchev–Trinajstić information content (AvgIpc) is 3.71. The average molecular weight is 1020 g/mol. The van der Waals surface area contributed by atoms with Crippen molar-refractivity contribution in [2.45, 2.75) is 10.8 Å². The maximum absolute atomic E-state index is 7.82.